The summed E-state index contributed by atoms with van der Waals surface area (Å²) in [6, 6.07) is 0.375. The summed E-state index contributed by atoms with van der Waals surface area (Å²) in [5.74, 6) is 0. The van der Waals surface area contributed by atoms with Gasteiger partial charge >= 0.3 is 0 Å². The fraction of sp³-hybridized carbons (Fsp3) is 1.00. The van der Waals surface area contributed by atoms with E-state index in [1.165, 1.54) is 45.3 Å². The van der Waals surface area contributed by atoms with Crippen molar-refractivity contribution in [2.45, 2.75) is 45.1 Å². The van der Waals surface area contributed by atoms with E-state index < -0.39 is 0 Å². The van der Waals surface area contributed by atoms with E-state index in [4.69, 9.17) is 5.73 Å². The minimum atomic E-state index is 0.375. The molecule has 0 radical (unpaired) electrons. The van der Waals surface area contributed by atoms with Crippen LogP contribution < -0.4 is 5.73 Å². The Bertz CT molecular complexity index is 163. The summed E-state index contributed by atoms with van der Waals surface area (Å²) < 4.78 is 0. The monoisotopic (exact) mass is 182 g/mol. The highest BCUT2D eigenvalue weighted by Gasteiger charge is 2.43. The predicted molar refractivity (Wildman–Crippen MR) is 55.6 cm³/mol. The van der Waals surface area contributed by atoms with E-state index >= 15 is 0 Å². The van der Waals surface area contributed by atoms with Crippen molar-refractivity contribution in [2.75, 3.05) is 19.6 Å². The third-order valence-corrected chi connectivity index (χ3v) is 3.68. The zero-order valence-electron chi connectivity index (χ0n) is 8.76. The van der Waals surface area contributed by atoms with Gasteiger partial charge in [-0.25, -0.2) is 0 Å². The maximum atomic E-state index is 5.74. The van der Waals surface area contributed by atoms with Crippen LogP contribution in [0.25, 0.3) is 0 Å². The Kier molecular flexibility index (Phi) is 2.61. The van der Waals surface area contributed by atoms with Gasteiger partial charge in [0, 0.05) is 19.1 Å². The Hall–Kier alpha value is -0.0800. The molecule has 2 fully saturated rings. The molecule has 2 nitrogen and oxygen atoms in total. The van der Waals surface area contributed by atoms with Gasteiger partial charge in [0.05, 0.1) is 0 Å². The Morgan fingerprint density at radius 1 is 1.31 bits per heavy atom. The van der Waals surface area contributed by atoms with Crippen LogP contribution in [-0.4, -0.2) is 30.6 Å². The van der Waals surface area contributed by atoms with Crippen LogP contribution in [-0.2, 0) is 0 Å². The SMILES string of the molecule is CC(N)CCN1CC2(CCCC2)C1. The van der Waals surface area contributed by atoms with E-state index in [0.29, 0.717) is 6.04 Å². The molecule has 0 amide bonds. The highest BCUT2D eigenvalue weighted by Crippen LogP contribution is 2.45. The summed E-state index contributed by atoms with van der Waals surface area (Å²) in [6.07, 6.45) is 7.09. The average molecular weight is 182 g/mol. The highest BCUT2D eigenvalue weighted by molar-refractivity contribution is 4.97. The third-order valence-electron chi connectivity index (χ3n) is 3.68. The largest absolute Gasteiger partial charge is 0.328 e. The molecule has 0 aromatic heterocycles. The van der Waals surface area contributed by atoms with Gasteiger partial charge in [-0.1, -0.05) is 12.8 Å². The van der Waals surface area contributed by atoms with E-state index in [9.17, 15) is 0 Å². The normalized spacial score (nSPS) is 29.1. The first-order chi connectivity index (χ1) is 6.20. The van der Waals surface area contributed by atoms with Crippen LogP contribution in [0.5, 0.6) is 0 Å². The molecule has 76 valence electrons. The first-order valence-electron chi connectivity index (χ1n) is 5.68. The van der Waals surface area contributed by atoms with Crippen molar-refractivity contribution < 1.29 is 0 Å². The van der Waals surface area contributed by atoms with Gasteiger partial charge in [0.1, 0.15) is 0 Å². The molecular weight excluding hydrogens is 160 g/mol. The maximum Gasteiger partial charge on any atom is 0.00505 e. The van der Waals surface area contributed by atoms with E-state index in [-0.39, 0.29) is 0 Å². The third kappa shape index (κ3) is 2.05. The lowest BCUT2D eigenvalue weighted by molar-refractivity contribution is 0.00475. The van der Waals surface area contributed by atoms with Crippen molar-refractivity contribution in [3.63, 3.8) is 0 Å². The molecule has 13 heavy (non-hydrogen) atoms. The second-order valence-electron chi connectivity index (χ2n) is 5.18. The average Bonchev–Trinajstić information content (AvgIpc) is 2.46. The number of nitrogens with zero attached hydrogens (tertiary/aromatic N) is 1. The van der Waals surface area contributed by atoms with Crippen molar-refractivity contribution in [1.29, 1.82) is 0 Å². The number of nitrogens with two attached hydrogens (primary N) is 1. The van der Waals surface area contributed by atoms with Crippen molar-refractivity contribution in [1.82, 2.24) is 4.90 Å². The molecule has 2 N–H and O–H groups in total. The standard InChI is InChI=1S/C11H22N2/c1-10(12)4-7-13-8-11(9-13)5-2-3-6-11/h10H,2-9,12H2,1H3. The Morgan fingerprint density at radius 3 is 2.46 bits per heavy atom. The lowest BCUT2D eigenvalue weighted by Crippen LogP contribution is -2.55. The molecule has 1 saturated carbocycles. The number of hydrogen-bond acceptors (Lipinski definition) is 2. The quantitative estimate of drug-likeness (QED) is 0.718. The molecule has 2 heteroatoms. The zero-order chi connectivity index (χ0) is 9.31. The van der Waals surface area contributed by atoms with E-state index in [1.54, 1.807) is 0 Å². The Balaban J connectivity index is 1.66. The summed E-state index contributed by atoms with van der Waals surface area (Å²) in [6.45, 7) is 6.05. The fourth-order valence-corrected chi connectivity index (χ4v) is 2.89. The first kappa shape index (κ1) is 9.47. The van der Waals surface area contributed by atoms with Crippen LogP contribution in [0.1, 0.15) is 39.0 Å². The lowest BCUT2D eigenvalue weighted by atomic mass is 9.78. The van der Waals surface area contributed by atoms with Gasteiger partial charge in [-0.15, -0.1) is 0 Å². The Morgan fingerprint density at radius 2 is 1.92 bits per heavy atom. The molecule has 1 atom stereocenters. The van der Waals surface area contributed by atoms with Gasteiger partial charge < -0.3 is 10.6 Å². The second kappa shape index (κ2) is 3.58. The molecule has 0 aromatic carbocycles. The lowest BCUT2D eigenvalue weighted by Gasteiger charge is -2.48. The van der Waals surface area contributed by atoms with Crippen LogP contribution in [0.15, 0.2) is 0 Å². The number of hydrogen-bond donors (Lipinski definition) is 1. The van der Waals surface area contributed by atoms with Crippen LogP contribution in [0.4, 0.5) is 0 Å². The molecule has 1 aliphatic heterocycles. The molecule has 2 aliphatic rings. The van der Waals surface area contributed by atoms with Crippen molar-refractivity contribution >= 4 is 0 Å². The molecule has 1 aliphatic carbocycles. The van der Waals surface area contributed by atoms with Crippen molar-refractivity contribution in [3.05, 3.63) is 0 Å². The minimum absolute atomic E-state index is 0.375. The first-order valence-corrected chi connectivity index (χ1v) is 5.68. The molecule has 1 heterocycles. The number of rotatable bonds is 3. The van der Waals surface area contributed by atoms with Crippen molar-refractivity contribution in [2.24, 2.45) is 11.1 Å². The molecule has 1 saturated heterocycles. The maximum absolute atomic E-state index is 5.74. The molecule has 2 rings (SSSR count). The number of likely N-dealkylation sites (tertiary alicyclic amines) is 1. The topological polar surface area (TPSA) is 29.3 Å². The summed E-state index contributed by atoms with van der Waals surface area (Å²) in [5, 5.41) is 0. The smallest absolute Gasteiger partial charge is 0.00505 e. The van der Waals surface area contributed by atoms with Gasteiger partial charge in [-0.05, 0) is 38.1 Å². The molecule has 0 bridgehead atoms. The van der Waals surface area contributed by atoms with Gasteiger partial charge in [0.15, 0.2) is 0 Å². The summed E-state index contributed by atoms with van der Waals surface area (Å²) in [5.41, 5.74) is 6.50. The van der Waals surface area contributed by atoms with E-state index in [1.807, 2.05) is 0 Å². The van der Waals surface area contributed by atoms with E-state index in [0.717, 1.165) is 11.8 Å². The van der Waals surface area contributed by atoms with Crippen molar-refractivity contribution in [3.8, 4) is 0 Å². The van der Waals surface area contributed by atoms with Crippen LogP contribution in [0.3, 0.4) is 0 Å². The van der Waals surface area contributed by atoms with Gasteiger partial charge in [0.25, 0.3) is 0 Å². The Labute approximate surface area is 81.5 Å². The highest BCUT2D eigenvalue weighted by atomic mass is 15.2. The van der Waals surface area contributed by atoms with Gasteiger partial charge in [-0.3, -0.25) is 0 Å². The molecule has 1 unspecified atom stereocenters. The van der Waals surface area contributed by atoms with Crippen LogP contribution >= 0.6 is 0 Å². The fourth-order valence-electron chi connectivity index (χ4n) is 2.89. The van der Waals surface area contributed by atoms with Gasteiger partial charge in [-0.2, -0.15) is 0 Å². The summed E-state index contributed by atoms with van der Waals surface area (Å²) in [4.78, 5) is 2.58. The summed E-state index contributed by atoms with van der Waals surface area (Å²) >= 11 is 0. The molecule has 1 spiro atoms. The van der Waals surface area contributed by atoms with Gasteiger partial charge in [0.2, 0.25) is 0 Å². The second-order valence-corrected chi connectivity index (χ2v) is 5.18. The van der Waals surface area contributed by atoms with Crippen LogP contribution in [0.2, 0.25) is 0 Å². The van der Waals surface area contributed by atoms with E-state index in [2.05, 4.69) is 11.8 Å². The van der Waals surface area contributed by atoms with Crippen LogP contribution in [0, 0.1) is 5.41 Å². The molecule has 0 aromatic rings. The summed E-state index contributed by atoms with van der Waals surface area (Å²) in [7, 11) is 0. The zero-order valence-corrected chi connectivity index (χ0v) is 8.76. The molecular formula is C11H22N2. The predicted octanol–water partition coefficient (Wildman–Crippen LogP) is 1.60. The minimum Gasteiger partial charge on any atom is -0.328 e.